The van der Waals surface area contributed by atoms with Gasteiger partial charge < -0.3 is 9.84 Å². The fourth-order valence-electron chi connectivity index (χ4n) is 1.14. The Kier molecular flexibility index (Phi) is 1.48. The minimum Gasteiger partial charge on any atom is -0.506 e. The number of benzene rings is 1. The standard InChI is InChI=1S/C8H5ClO3/c9-6-2-5-4(1-7(6)10)3-12-8(5)11/h1-2,10H,3H2. The summed E-state index contributed by atoms with van der Waals surface area (Å²) >= 11 is 5.60. The van der Waals surface area contributed by atoms with Gasteiger partial charge in [0, 0.05) is 5.56 Å². The van der Waals surface area contributed by atoms with Crippen LogP contribution in [0.25, 0.3) is 0 Å². The Morgan fingerprint density at radius 3 is 3.00 bits per heavy atom. The van der Waals surface area contributed by atoms with Gasteiger partial charge in [-0.05, 0) is 12.1 Å². The zero-order chi connectivity index (χ0) is 8.72. The van der Waals surface area contributed by atoms with E-state index < -0.39 is 0 Å². The van der Waals surface area contributed by atoms with Gasteiger partial charge in [0.25, 0.3) is 0 Å². The molecule has 1 heterocycles. The SMILES string of the molecule is O=C1OCc2cc(O)c(Cl)cc21. The molecule has 1 aromatic carbocycles. The largest absolute Gasteiger partial charge is 0.506 e. The number of ether oxygens (including phenoxy) is 1. The van der Waals surface area contributed by atoms with Crippen molar-refractivity contribution in [3.8, 4) is 5.75 Å². The van der Waals surface area contributed by atoms with Gasteiger partial charge in [0.15, 0.2) is 0 Å². The van der Waals surface area contributed by atoms with E-state index in [2.05, 4.69) is 0 Å². The van der Waals surface area contributed by atoms with Crippen molar-refractivity contribution in [3.05, 3.63) is 28.3 Å². The lowest BCUT2D eigenvalue weighted by molar-refractivity contribution is 0.0535. The van der Waals surface area contributed by atoms with Crippen molar-refractivity contribution < 1.29 is 14.6 Å². The molecule has 62 valence electrons. The minimum atomic E-state index is -0.383. The van der Waals surface area contributed by atoms with E-state index in [1.165, 1.54) is 12.1 Å². The van der Waals surface area contributed by atoms with Crippen LogP contribution in [0, 0.1) is 0 Å². The van der Waals surface area contributed by atoms with Crippen LogP contribution >= 0.6 is 11.6 Å². The van der Waals surface area contributed by atoms with Crippen LogP contribution in [0.4, 0.5) is 0 Å². The van der Waals surface area contributed by atoms with E-state index in [4.69, 9.17) is 16.3 Å². The molecule has 1 aromatic rings. The van der Waals surface area contributed by atoms with Crippen LogP contribution < -0.4 is 0 Å². The number of carbonyl (C=O) groups excluding carboxylic acids is 1. The van der Waals surface area contributed by atoms with Crippen molar-refractivity contribution in [2.45, 2.75) is 6.61 Å². The summed E-state index contributed by atoms with van der Waals surface area (Å²) in [5.74, 6) is -0.402. The molecule has 1 N–H and O–H groups in total. The van der Waals surface area contributed by atoms with Crippen molar-refractivity contribution in [2.24, 2.45) is 0 Å². The van der Waals surface area contributed by atoms with Gasteiger partial charge in [-0.1, -0.05) is 11.6 Å². The Hall–Kier alpha value is -1.22. The summed E-state index contributed by atoms with van der Waals surface area (Å²) in [6, 6.07) is 2.87. The van der Waals surface area contributed by atoms with Crippen LogP contribution in [-0.4, -0.2) is 11.1 Å². The van der Waals surface area contributed by atoms with Crippen LogP contribution in [0.15, 0.2) is 12.1 Å². The molecule has 12 heavy (non-hydrogen) atoms. The topological polar surface area (TPSA) is 46.5 Å². The number of aromatic hydroxyl groups is 1. The smallest absolute Gasteiger partial charge is 0.338 e. The lowest BCUT2D eigenvalue weighted by Crippen LogP contribution is -1.92. The molecule has 0 radical (unpaired) electrons. The highest BCUT2D eigenvalue weighted by Crippen LogP contribution is 2.30. The van der Waals surface area contributed by atoms with Crippen molar-refractivity contribution in [1.82, 2.24) is 0 Å². The van der Waals surface area contributed by atoms with Gasteiger partial charge in [-0.2, -0.15) is 0 Å². The van der Waals surface area contributed by atoms with Crippen LogP contribution in [0.5, 0.6) is 5.75 Å². The molecule has 0 unspecified atom stereocenters. The summed E-state index contributed by atoms with van der Waals surface area (Å²) in [7, 11) is 0. The minimum absolute atomic E-state index is 0.0197. The highest BCUT2D eigenvalue weighted by atomic mass is 35.5. The van der Waals surface area contributed by atoms with Gasteiger partial charge in [-0.15, -0.1) is 0 Å². The highest BCUT2D eigenvalue weighted by molar-refractivity contribution is 6.32. The van der Waals surface area contributed by atoms with Crippen LogP contribution in [0.1, 0.15) is 15.9 Å². The number of phenolic OH excluding ortho intramolecular Hbond substituents is 1. The monoisotopic (exact) mass is 184 g/mol. The van der Waals surface area contributed by atoms with E-state index in [0.717, 1.165) is 0 Å². The molecule has 0 amide bonds. The quantitative estimate of drug-likeness (QED) is 0.625. The Bertz CT molecular complexity index is 360. The Morgan fingerprint density at radius 2 is 2.25 bits per heavy atom. The highest BCUT2D eigenvalue weighted by Gasteiger charge is 2.22. The van der Waals surface area contributed by atoms with E-state index in [-0.39, 0.29) is 23.3 Å². The van der Waals surface area contributed by atoms with Gasteiger partial charge in [0.05, 0.1) is 10.6 Å². The second-order valence-electron chi connectivity index (χ2n) is 2.54. The molecule has 3 nitrogen and oxygen atoms in total. The average molecular weight is 185 g/mol. The third kappa shape index (κ3) is 0.940. The molecule has 1 aliphatic rings. The third-order valence-electron chi connectivity index (χ3n) is 1.75. The maximum Gasteiger partial charge on any atom is 0.338 e. The number of phenols is 1. The zero-order valence-corrected chi connectivity index (χ0v) is 6.76. The number of hydrogen-bond donors (Lipinski definition) is 1. The summed E-state index contributed by atoms with van der Waals surface area (Å²) in [5, 5.41) is 9.34. The maximum absolute atomic E-state index is 11.0. The number of carbonyl (C=O) groups is 1. The van der Waals surface area contributed by atoms with Crippen LogP contribution in [0.2, 0.25) is 5.02 Å². The molecule has 0 saturated heterocycles. The predicted octanol–water partition coefficient (Wildman–Crippen LogP) is 1.72. The number of rotatable bonds is 0. The molecule has 2 rings (SSSR count). The molecule has 0 saturated carbocycles. The molecule has 0 aliphatic carbocycles. The fourth-order valence-corrected chi connectivity index (χ4v) is 1.30. The number of cyclic esters (lactones) is 1. The lowest BCUT2D eigenvalue weighted by atomic mass is 10.1. The van der Waals surface area contributed by atoms with Crippen molar-refractivity contribution in [3.63, 3.8) is 0 Å². The lowest BCUT2D eigenvalue weighted by Gasteiger charge is -1.97. The summed E-state index contributed by atoms with van der Waals surface area (Å²) in [6.45, 7) is 0.221. The molecule has 0 aromatic heterocycles. The normalized spacial score (nSPS) is 14.2. The second kappa shape index (κ2) is 2.38. The molecule has 4 heteroatoms. The van der Waals surface area contributed by atoms with E-state index in [1.54, 1.807) is 0 Å². The Balaban J connectivity index is 2.63. The van der Waals surface area contributed by atoms with Crippen molar-refractivity contribution in [1.29, 1.82) is 0 Å². The van der Waals surface area contributed by atoms with E-state index in [0.29, 0.717) is 11.1 Å². The van der Waals surface area contributed by atoms with Gasteiger partial charge >= 0.3 is 5.97 Å². The van der Waals surface area contributed by atoms with Gasteiger partial charge in [-0.25, -0.2) is 4.79 Å². The Labute approximate surface area is 73.5 Å². The molecule has 0 spiro atoms. The number of fused-ring (bicyclic) bond motifs is 1. The second-order valence-corrected chi connectivity index (χ2v) is 2.94. The molecule has 0 fully saturated rings. The van der Waals surface area contributed by atoms with Crippen LogP contribution in [0.3, 0.4) is 0 Å². The number of hydrogen-bond acceptors (Lipinski definition) is 3. The van der Waals surface area contributed by atoms with Crippen molar-refractivity contribution in [2.75, 3.05) is 0 Å². The van der Waals surface area contributed by atoms with Crippen LogP contribution in [-0.2, 0) is 11.3 Å². The molecule has 0 bridgehead atoms. The zero-order valence-electron chi connectivity index (χ0n) is 6.00. The molecular formula is C8H5ClO3. The molecule has 0 atom stereocenters. The average Bonchev–Trinajstić information content (AvgIpc) is 2.35. The summed E-state index contributed by atoms with van der Waals surface area (Å²) in [5.41, 5.74) is 1.12. The molecular weight excluding hydrogens is 180 g/mol. The van der Waals surface area contributed by atoms with E-state index >= 15 is 0 Å². The first kappa shape index (κ1) is 7.43. The summed E-state index contributed by atoms with van der Waals surface area (Å²) in [4.78, 5) is 11.0. The van der Waals surface area contributed by atoms with Gasteiger partial charge in [0.1, 0.15) is 12.4 Å². The number of halogens is 1. The first-order valence-electron chi connectivity index (χ1n) is 3.37. The maximum atomic E-state index is 11.0. The summed E-state index contributed by atoms with van der Waals surface area (Å²) < 4.78 is 4.72. The molecule has 1 aliphatic heterocycles. The first-order valence-corrected chi connectivity index (χ1v) is 3.75. The first-order chi connectivity index (χ1) is 5.68. The third-order valence-corrected chi connectivity index (χ3v) is 2.05. The Morgan fingerprint density at radius 1 is 1.50 bits per heavy atom. The van der Waals surface area contributed by atoms with E-state index in [1.807, 2.05) is 0 Å². The van der Waals surface area contributed by atoms with Crippen molar-refractivity contribution >= 4 is 17.6 Å². The predicted molar refractivity (Wildman–Crippen MR) is 42.2 cm³/mol. The van der Waals surface area contributed by atoms with Gasteiger partial charge in [-0.3, -0.25) is 0 Å². The van der Waals surface area contributed by atoms with Gasteiger partial charge in [0.2, 0.25) is 0 Å². The fraction of sp³-hybridized carbons (Fsp3) is 0.125. The number of esters is 1. The summed E-state index contributed by atoms with van der Waals surface area (Å²) in [6.07, 6.45) is 0. The van der Waals surface area contributed by atoms with E-state index in [9.17, 15) is 9.90 Å².